The minimum absolute atomic E-state index is 0.195. The van der Waals surface area contributed by atoms with Crippen molar-refractivity contribution in [1.82, 2.24) is 0 Å². The molecule has 0 radical (unpaired) electrons. The maximum atomic E-state index is 11.7. The van der Waals surface area contributed by atoms with E-state index in [4.69, 9.17) is 21.1 Å². The number of aryl methyl sites for hydroxylation is 1. The number of carbonyl (C=O) groups excluding carboxylic acids is 2. The van der Waals surface area contributed by atoms with Crippen LogP contribution < -0.4 is 10.1 Å². The van der Waals surface area contributed by atoms with E-state index in [0.29, 0.717) is 23.7 Å². The van der Waals surface area contributed by atoms with Crippen molar-refractivity contribution in [2.75, 3.05) is 18.5 Å². The van der Waals surface area contributed by atoms with Gasteiger partial charge >= 0.3 is 5.97 Å². The smallest absolute Gasteiger partial charge is 0.306 e. The van der Waals surface area contributed by atoms with E-state index >= 15 is 0 Å². The minimum Gasteiger partial charge on any atom is -0.494 e. The second-order valence-corrected chi connectivity index (χ2v) is 5.92. The van der Waals surface area contributed by atoms with E-state index in [9.17, 15) is 9.59 Å². The maximum Gasteiger partial charge on any atom is 0.306 e. The summed E-state index contributed by atoms with van der Waals surface area (Å²) in [5.41, 5.74) is 1.75. The minimum atomic E-state index is -0.432. The van der Waals surface area contributed by atoms with Crippen LogP contribution in [0.4, 0.5) is 5.69 Å². The van der Waals surface area contributed by atoms with Gasteiger partial charge in [-0.2, -0.15) is 0 Å². The molecule has 0 spiro atoms. The zero-order valence-electron chi connectivity index (χ0n) is 14.0. The number of ether oxygens (including phenoxy) is 2. The van der Waals surface area contributed by atoms with E-state index in [1.165, 1.54) is 0 Å². The van der Waals surface area contributed by atoms with Crippen LogP contribution >= 0.6 is 11.6 Å². The molecule has 0 saturated carbocycles. The third-order valence-electron chi connectivity index (χ3n) is 3.31. The molecule has 5 nitrogen and oxygen atoms in total. The number of benzene rings is 2. The standard InChI is InChI=1S/C19H20ClNO4/c1-14-4-10-17(11-5-14)24-12-2-3-19(23)25-13-18(22)21-16-8-6-15(20)7-9-16/h4-11H,2-3,12-13H2,1H3,(H,21,22). The van der Waals surface area contributed by atoms with Crippen LogP contribution in [0.3, 0.4) is 0 Å². The summed E-state index contributed by atoms with van der Waals surface area (Å²) in [5.74, 6) is -0.0633. The summed E-state index contributed by atoms with van der Waals surface area (Å²) in [5, 5.41) is 3.20. The number of halogens is 1. The number of hydrogen-bond donors (Lipinski definition) is 1. The molecule has 2 rings (SSSR count). The van der Waals surface area contributed by atoms with Crippen LogP contribution in [-0.2, 0) is 14.3 Å². The molecule has 0 fully saturated rings. The highest BCUT2D eigenvalue weighted by Crippen LogP contribution is 2.13. The lowest BCUT2D eigenvalue weighted by Gasteiger charge is -2.08. The van der Waals surface area contributed by atoms with Crippen LogP contribution in [0, 0.1) is 6.92 Å². The Hall–Kier alpha value is -2.53. The SMILES string of the molecule is Cc1ccc(OCCCC(=O)OCC(=O)Nc2ccc(Cl)cc2)cc1. The van der Waals surface area contributed by atoms with Gasteiger partial charge in [-0.1, -0.05) is 29.3 Å². The average molecular weight is 362 g/mol. The molecule has 132 valence electrons. The van der Waals surface area contributed by atoms with E-state index in [-0.39, 0.29) is 13.0 Å². The van der Waals surface area contributed by atoms with Crippen molar-refractivity contribution in [1.29, 1.82) is 0 Å². The summed E-state index contributed by atoms with van der Waals surface area (Å²) in [7, 11) is 0. The number of nitrogens with one attached hydrogen (secondary N) is 1. The van der Waals surface area contributed by atoms with Gasteiger partial charge in [0, 0.05) is 17.1 Å². The first-order valence-corrected chi connectivity index (χ1v) is 8.31. The van der Waals surface area contributed by atoms with Crippen LogP contribution in [0.25, 0.3) is 0 Å². The molecule has 0 aliphatic carbocycles. The number of amides is 1. The molecule has 0 unspecified atom stereocenters. The van der Waals surface area contributed by atoms with Gasteiger partial charge in [-0.15, -0.1) is 0 Å². The molecule has 1 amide bonds. The molecule has 0 aromatic heterocycles. The van der Waals surface area contributed by atoms with E-state index in [0.717, 1.165) is 11.3 Å². The fourth-order valence-corrected chi connectivity index (χ4v) is 2.12. The predicted molar refractivity (Wildman–Crippen MR) is 96.9 cm³/mol. The first kappa shape index (κ1) is 18.8. The van der Waals surface area contributed by atoms with Crippen molar-refractivity contribution in [3.8, 4) is 5.75 Å². The molecule has 0 aliphatic heterocycles. The first-order chi connectivity index (χ1) is 12.0. The Labute approximate surface area is 151 Å². The highest BCUT2D eigenvalue weighted by atomic mass is 35.5. The normalized spacial score (nSPS) is 10.2. The van der Waals surface area contributed by atoms with Gasteiger partial charge < -0.3 is 14.8 Å². The second-order valence-electron chi connectivity index (χ2n) is 5.48. The van der Waals surface area contributed by atoms with Gasteiger partial charge in [-0.3, -0.25) is 9.59 Å². The van der Waals surface area contributed by atoms with Gasteiger partial charge in [0.15, 0.2) is 6.61 Å². The molecule has 1 N–H and O–H groups in total. The van der Waals surface area contributed by atoms with E-state index in [1.54, 1.807) is 24.3 Å². The molecule has 0 saturated heterocycles. The maximum absolute atomic E-state index is 11.7. The third-order valence-corrected chi connectivity index (χ3v) is 3.56. The van der Waals surface area contributed by atoms with E-state index in [1.807, 2.05) is 31.2 Å². The highest BCUT2D eigenvalue weighted by Gasteiger charge is 2.08. The predicted octanol–water partition coefficient (Wildman–Crippen LogP) is 3.99. The number of rotatable bonds is 8. The fourth-order valence-electron chi connectivity index (χ4n) is 1.99. The zero-order valence-corrected chi connectivity index (χ0v) is 14.7. The number of esters is 1. The molecule has 0 bridgehead atoms. The van der Waals surface area contributed by atoms with Crippen LogP contribution in [-0.4, -0.2) is 25.1 Å². The zero-order chi connectivity index (χ0) is 18.1. The van der Waals surface area contributed by atoms with Gasteiger partial charge in [0.25, 0.3) is 5.91 Å². The monoisotopic (exact) mass is 361 g/mol. The van der Waals surface area contributed by atoms with Crippen LogP contribution in [0.15, 0.2) is 48.5 Å². The average Bonchev–Trinajstić information content (AvgIpc) is 2.60. The Morgan fingerprint density at radius 3 is 2.40 bits per heavy atom. The van der Waals surface area contributed by atoms with E-state index < -0.39 is 11.9 Å². The quantitative estimate of drug-likeness (QED) is 0.570. The lowest BCUT2D eigenvalue weighted by Crippen LogP contribution is -2.21. The number of anilines is 1. The van der Waals surface area contributed by atoms with Gasteiger partial charge in [0.05, 0.1) is 6.61 Å². The Morgan fingerprint density at radius 2 is 1.72 bits per heavy atom. The van der Waals surface area contributed by atoms with Crippen molar-refractivity contribution < 1.29 is 19.1 Å². The Morgan fingerprint density at radius 1 is 1.04 bits per heavy atom. The van der Waals surface area contributed by atoms with Crippen molar-refractivity contribution in [2.24, 2.45) is 0 Å². The first-order valence-electron chi connectivity index (χ1n) is 7.93. The summed E-state index contributed by atoms with van der Waals surface area (Å²) in [6.07, 6.45) is 0.714. The lowest BCUT2D eigenvalue weighted by molar-refractivity contribution is -0.147. The fraction of sp³-hybridized carbons (Fsp3) is 0.263. The van der Waals surface area contributed by atoms with Gasteiger partial charge in [0.2, 0.25) is 0 Å². The van der Waals surface area contributed by atoms with Crippen LogP contribution in [0.5, 0.6) is 5.75 Å². The van der Waals surface area contributed by atoms with Crippen molar-refractivity contribution >= 4 is 29.2 Å². The van der Waals surface area contributed by atoms with Crippen LogP contribution in [0.2, 0.25) is 5.02 Å². The third kappa shape index (κ3) is 7.27. The number of carbonyl (C=O) groups is 2. The molecule has 6 heteroatoms. The van der Waals surface area contributed by atoms with Crippen molar-refractivity contribution in [3.05, 3.63) is 59.1 Å². The molecule has 0 heterocycles. The Balaban J connectivity index is 1.59. The molecular weight excluding hydrogens is 342 g/mol. The molecular formula is C19H20ClNO4. The topological polar surface area (TPSA) is 64.6 Å². The Kier molecular flexibility index (Phi) is 7.29. The summed E-state index contributed by atoms with van der Waals surface area (Å²) < 4.78 is 10.5. The molecule has 25 heavy (non-hydrogen) atoms. The summed E-state index contributed by atoms with van der Waals surface area (Å²) in [6, 6.07) is 14.4. The van der Waals surface area contributed by atoms with Crippen LogP contribution in [0.1, 0.15) is 18.4 Å². The van der Waals surface area contributed by atoms with Gasteiger partial charge in [0.1, 0.15) is 5.75 Å². The molecule has 0 aliphatic rings. The summed E-state index contributed by atoms with van der Waals surface area (Å²) >= 11 is 5.77. The van der Waals surface area contributed by atoms with Crippen molar-refractivity contribution in [2.45, 2.75) is 19.8 Å². The second kappa shape index (κ2) is 9.69. The summed E-state index contributed by atoms with van der Waals surface area (Å²) in [4.78, 5) is 23.3. The lowest BCUT2D eigenvalue weighted by atomic mass is 10.2. The van der Waals surface area contributed by atoms with Crippen molar-refractivity contribution in [3.63, 3.8) is 0 Å². The van der Waals surface area contributed by atoms with E-state index in [2.05, 4.69) is 5.32 Å². The Bertz CT molecular complexity index is 698. The van der Waals surface area contributed by atoms with Gasteiger partial charge in [-0.05, 0) is 49.7 Å². The molecule has 2 aromatic rings. The molecule has 0 atom stereocenters. The number of hydrogen-bond acceptors (Lipinski definition) is 4. The summed E-state index contributed by atoms with van der Waals surface area (Å²) in [6.45, 7) is 2.10. The largest absolute Gasteiger partial charge is 0.494 e. The molecule has 2 aromatic carbocycles. The highest BCUT2D eigenvalue weighted by molar-refractivity contribution is 6.30. The van der Waals surface area contributed by atoms with Gasteiger partial charge in [-0.25, -0.2) is 0 Å².